The summed E-state index contributed by atoms with van der Waals surface area (Å²) in [6.45, 7) is 8.75. The van der Waals surface area contributed by atoms with Crippen molar-refractivity contribution >= 4 is 45.7 Å². The summed E-state index contributed by atoms with van der Waals surface area (Å²) < 4.78 is 15.0. The molecule has 0 saturated carbocycles. The Balaban J connectivity index is 0.000000157. The number of nitrogens with zero attached hydrogens (tertiary/aromatic N) is 4. The van der Waals surface area contributed by atoms with Crippen molar-refractivity contribution in [2.24, 2.45) is 0 Å². The van der Waals surface area contributed by atoms with Crippen LogP contribution in [0.25, 0.3) is 44.3 Å². The summed E-state index contributed by atoms with van der Waals surface area (Å²) in [5.41, 5.74) is 24.4. The lowest BCUT2D eigenvalue weighted by Gasteiger charge is -2.08. The first-order chi connectivity index (χ1) is 24.1. The summed E-state index contributed by atoms with van der Waals surface area (Å²) in [4.78, 5) is 18.5. The normalized spacial score (nSPS) is 11.3. The maximum absolute atomic E-state index is 12.4. The molecule has 0 aliphatic heterocycles. The highest BCUT2D eigenvalue weighted by atomic mass is 32.1. The third-order valence-corrected chi connectivity index (χ3v) is 9.17. The number of nitrogens with one attached hydrogen (secondary N) is 2. The summed E-state index contributed by atoms with van der Waals surface area (Å²) in [7, 11) is 0. The van der Waals surface area contributed by atoms with Crippen molar-refractivity contribution in [2.45, 2.75) is 40.8 Å². The second-order valence-electron chi connectivity index (χ2n) is 12.3. The Morgan fingerprint density at radius 1 is 0.660 bits per heavy atom. The van der Waals surface area contributed by atoms with Gasteiger partial charge in [0.1, 0.15) is 11.5 Å². The third kappa shape index (κ3) is 6.01. The topological polar surface area (TPSA) is 163 Å². The van der Waals surface area contributed by atoms with E-state index in [1.807, 2.05) is 94.4 Å². The van der Waals surface area contributed by atoms with Gasteiger partial charge in [0, 0.05) is 11.1 Å². The first kappa shape index (κ1) is 32.4. The van der Waals surface area contributed by atoms with Gasteiger partial charge in [-0.3, -0.25) is 4.57 Å². The number of aromatic amines is 2. The van der Waals surface area contributed by atoms with Crippen LogP contribution in [-0.2, 0) is 13.1 Å². The summed E-state index contributed by atoms with van der Waals surface area (Å²) in [5.74, 6) is 1.50. The van der Waals surface area contributed by atoms with Crippen molar-refractivity contribution in [3.8, 4) is 22.3 Å². The van der Waals surface area contributed by atoms with Gasteiger partial charge in [0.2, 0.25) is 0 Å². The number of H-pyrrole nitrogens is 2. The maximum Gasteiger partial charge on any atom is 0.326 e. The van der Waals surface area contributed by atoms with Gasteiger partial charge in [-0.25, -0.2) is 4.79 Å². The van der Waals surface area contributed by atoms with E-state index in [2.05, 4.69) is 43.0 Å². The first-order valence-electron chi connectivity index (χ1n) is 16.1. The molecule has 0 atom stereocenters. The number of anilines is 2. The molecule has 11 nitrogen and oxygen atoms in total. The highest BCUT2D eigenvalue weighted by Crippen LogP contribution is 2.34. The Labute approximate surface area is 292 Å². The number of nitrogen functional groups attached to an aromatic ring is 2. The molecule has 0 aliphatic carbocycles. The number of aryl methyl sites for hydroxylation is 4. The van der Waals surface area contributed by atoms with E-state index in [0.717, 1.165) is 67.3 Å². The van der Waals surface area contributed by atoms with Crippen molar-refractivity contribution in [3.63, 3.8) is 0 Å². The average Bonchev–Trinajstić information content (AvgIpc) is 3.82. The molecule has 6 N–H and O–H groups in total. The summed E-state index contributed by atoms with van der Waals surface area (Å²) in [6, 6.07) is 27.9. The highest BCUT2D eigenvalue weighted by Gasteiger charge is 2.18. The Kier molecular flexibility index (Phi) is 8.46. The van der Waals surface area contributed by atoms with Crippen molar-refractivity contribution in [2.75, 3.05) is 11.5 Å². The molecule has 12 heteroatoms. The SMILES string of the molecule is Cc1noc(C)c1-c1cc(N)c2[nH]c(=O)n(Cc3ccccc3)c2c1.Cc1noc(C)c1-c1cc(N)c2[nH]c(=S)n(Cc3ccccc3)c2c1. The molecular weight excluding hydrogens is 649 g/mol. The number of imidazole rings is 2. The summed E-state index contributed by atoms with van der Waals surface area (Å²) in [6.07, 6.45) is 0. The molecule has 0 spiro atoms. The van der Waals surface area contributed by atoms with Crippen LogP contribution in [0.15, 0.2) is 98.8 Å². The molecule has 50 heavy (non-hydrogen) atoms. The van der Waals surface area contributed by atoms with Crippen LogP contribution in [-0.4, -0.2) is 29.4 Å². The van der Waals surface area contributed by atoms with Crippen molar-refractivity contribution in [1.29, 1.82) is 0 Å². The van der Waals surface area contributed by atoms with Crippen LogP contribution >= 0.6 is 12.2 Å². The minimum Gasteiger partial charge on any atom is -0.397 e. The van der Waals surface area contributed by atoms with Crippen LogP contribution in [0.3, 0.4) is 0 Å². The lowest BCUT2D eigenvalue weighted by Crippen LogP contribution is -2.17. The third-order valence-electron chi connectivity index (χ3n) is 8.84. The molecule has 8 aromatic rings. The second kappa shape index (κ2) is 13.1. The highest BCUT2D eigenvalue weighted by molar-refractivity contribution is 7.71. The van der Waals surface area contributed by atoms with Gasteiger partial charge in [0.15, 0.2) is 4.77 Å². The molecule has 4 aromatic carbocycles. The molecule has 0 aliphatic rings. The standard InChI is InChI=1S/C19H18N4O2.C19H18N4OS/c1-11-17(12(2)25-22-11)14-8-15(20)18-16(9-14)23(19(24)21-18)10-13-6-4-3-5-7-13;1-11-17(12(2)24-22-11)14-8-15(20)18-16(9-14)23(19(25)21-18)10-13-6-4-3-5-7-13/h3-9H,10,20H2,1-2H3,(H,21,24);3-9H,10,20H2,1-2H3,(H,21,25). The Hall–Kier alpha value is -6.14. The predicted molar refractivity (Wildman–Crippen MR) is 200 cm³/mol. The number of hydrogen-bond acceptors (Lipinski definition) is 8. The molecule has 0 saturated heterocycles. The molecule has 0 radical (unpaired) electrons. The number of benzene rings is 4. The molecule has 0 amide bonds. The number of nitrogens with two attached hydrogens (primary N) is 2. The zero-order valence-electron chi connectivity index (χ0n) is 28.1. The lowest BCUT2D eigenvalue weighted by molar-refractivity contribution is 0.393. The number of fused-ring (bicyclic) bond motifs is 2. The van der Waals surface area contributed by atoms with E-state index in [1.165, 1.54) is 5.56 Å². The molecule has 252 valence electrons. The van der Waals surface area contributed by atoms with Crippen molar-refractivity contribution in [3.05, 3.63) is 134 Å². The summed E-state index contributed by atoms with van der Waals surface area (Å²) in [5, 5.41) is 8.05. The van der Waals surface area contributed by atoms with Crippen LogP contribution in [0.2, 0.25) is 0 Å². The van der Waals surface area contributed by atoms with E-state index >= 15 is 0 Å². The van der Waals surface area contributed by atoms with E-state index in [1.54, 1.807) is 4.57 Å². The number of rotatable bonds is 6. The van der Waals surface area contributed by atoms with E-state index in [0.29, 0.717) is 34.8 Å². The largest absolute Gasteiger partial charge is 0.397 e. The zero-order valence-corrected chi connectivity index (χ0v) is 28.9. The van der Waals surface area contributed by atoms with Crippen LogP contribution in [0, 0.1) is 32.5 Å². The average molecular weight is 685 g/mol. The minimum atomic E-state index is -0.179. The second-order valence-corrected chi connectivity index (χ2v) is 12.7. The molecule has 8 rings (SSSR count). The lowest BCUT2D eigenvalue weighted by atomic mass is 10.0. The van der Waals surface area contributed by atoms with Gasteiger partial charge in [0.05, 0.1) is 57.9 Å². The van der Waals surface area contributed by atoms with Crippen LogP contribution < -0.4 is 17.2 Å². The Morgan fingerprint density at radius 3 is 1.56 bits per heavy atom. The van der Waals surface area contributed by atoms with Gasteiger partial charge in [-0.15, -0.1) is 0 Å². The van der Waals surface area contributed by atoms with E-state index in [9.17, 15) is 4.79 Å². The van der Waals surface area contributed by atoms with Crippen LogP contribution in [0.4, 0.5) is 11.4 Å². The fourth-order valence-electron chi connectivity index (χ4n) is 6.49. The Morgan fingerprint density at radius 2 is 1.10 bits per heavy atom. The number of aromatic nitrogens is 6. The fraction of sp³-hybridized carbons (Fsp3) is 0.158. The maximum atomic E-state index is 12.4. The van der Waals surface area contributed by atoms with Crippen LogP contribution in [0.1, 0.15) is 34.0 Å². The van der Waals surface area contributed by atoms with Crippen molar-refractivity contribution < 1.29 is 9.05 Å². The summed E-state index contributed by atoms with van der Waals surface area (Å²) >= 11 is 5.53. The van der Waals surface area contributed by atoms with Gasteiger partial charge in [-0.1, -0.05) is 71.0 Å². The molecular formula is C38H36N8O3S. The van der Waals surface area contributed by atoms with Gasteiger partial charge >= 0.3 is 5.69 Å². The molecule has 4 aromatic heterocycles. The van der Waals surface area contributed by atoms with Gasteiger partial charge in [-0.05, 0) is 86.4 Å². The van der Waals surface area contributed by atoms with E-state index in [-0.39, 0.29) is 5.69 Å². The number of hydrogen-bond donors (Lipinski definition) is 4. The predicted octanol–water partition coefficient (Wildman–Crippen LogP) is 7.83. The van der Waals surface area contributed by atoms with Gasteiger partial charge in [-0.2, -0.15) is 0 Å². The fourth-order valence-corrected chi connectivity index (χ4v) is 6.75. The van der Waals surface area contributed by atoms with Crippen LogP contribution in [0.5, 0.6) is 0 Å². The molecule has 0 unspecified atom stereocenters. The zero-order chi connectivity index (χ0) is 35.1. The monoisotopic (exact) mass is 684 g/mol. The van der Waals surface area contributed by atoms with Gasteiger partial charge < -0.3 is 35.0 Å². The molecule has 4 heterocycles. The van der Waals surface area contributed by atoms with Gasteiger partial charge in [0.25, 0.3) is 0 Å². The Bertz CT molecular complexity index is 2390. The van der Waals surface area contributed by atoms with E-state index in [4.69, 9.17) is 32.7 Å². The first-order valence-corrected chi connectivity index (χ1v) is 16.5. The molecule has 0 bridgehead atoms. The quantitative estimate of drug-likeness (QED) is 0.102. The molecule has 0 fully saturated rings. The van der Waals surface area contributed by atoms with E-state index < -0.39 is 0 Å². The van der Waals surface area contributed by atoms with Crippen molar-refractivity contribution in [1.82, 2.24) is 29.4 Å². The smallest absolute Gasteiger partial charge is 0.326 e. The minimum absolute atomic E-state index is 0.179.